The average molecular weight is 209 g/mol. The standard InChI is InChI=1S/C10H15N3O2/c1-7-9(10(14)15)6-13(12-7)8-3-2-4-11-5-8/h6,8,11H,2-5H2,1H3,(H,14,15)/t8-/m1/s1. The van der Waals surface area contributed by atoms with E-state index in [2.05, 4.69) is 10.4 Å². The van der Waals surface area contributed by atoms with Gasteiger partial charge in [-0.15, -0.1) is 0 Å². The van der Waals surface area contributed by atoms with Crippen molar-refractivity contribution in [1.82, 2.24) is 15.1 Å². The second-order valence-electron chi connectivity index (χ2n) is 3.91. The van der Waals surface area contributed by atoms with E-state index in [0.717, 1.165) is 25.9 Å². The Balaban J connectivity index is 2.21. The van der Waals surface area contributed by atoms with Gasteiger partial charge in [0.05, 0.1) is 11.7 Å². The lowest BCUT2D eigenvalue weighted by molar-refractivity contribution is 0.0696. The molecule has 0 bridgehead atoms. The molecule has 2 heterocycles. The molecule has 2 rings (SSSR count). The predicted octanol–water partition coefficient (Wildman–Crippen LogP) is 0.814. The molecule has 1 saturated heterocycles. The zero-order valence-corrected chi connectivity index (χ0v) is 8.73. The highest BCUT2D eigenvalue weighted by Crippen LogP contribution is 2.17. The fraction of sp³-hybridized carbons (Fsp3) is 0.600. The van der Waals surface area contributed by atoms with Gasteiger partial charge in [0.15, 0.2) is 0 Å². The van der Waals surface area contributed by atoms with Crippen LogP contribution in [-0.2, 0) is 0 Å². The fourth-order valence-corrected chi connectivity index (χ4v) is 1.94. The summed E-state index contributed by atoms with van der Waals surface area (Å²) >= 11 is 0. The van der Waals surface area contributed by atoms with Gasteiger partial charge in [-0.3, -0.25) is 4.68 Å². The first-order valence-electron chi connectivity index (χ1n) is 5.18. The maximum absolute atomic E-state index is 10.8. The highest BCUT2D eigenvalue weighted by Gasteiger charge is 2.19. The van der Waals surface area contributed by atoms with Crippen molar-refractivity contribution in [2.45, 2.75) is 25.8 Å². The number of carbonyl (C=O) groups is 1. The molecule has 5 heteroatoms. The van der Waals surface area contributed by atoms with Crippen molar-refractivity contribution in [2.24, 2.45) is 0 Å². The smallest absolute Gasteiger partial charge is 0.339 e. The Kier molecular flexibility index (Phi) is 2.73. The molecule has 1 aromatic rings. The molecule has 1 aromatic heterocycles. The maximum Gasteiger partial charge on any atom is 0.339 e. The van der Waals surface area contributed by atoms with Crippen molar-refractivity contribution in [3.63, 3.8) is 0 Å². The topological polar surface area (TPSA) is 67.2 Å². The van der Waals surface area contributed by atoms with Crippen molar-refractivity contribution in [2.75, 3.05) is 13.1 Å². The quantitative estimate of drug-likeness (QED) is 0.756. The van der Waals surface area contributed by atoms with Crippen molar-refractivity contribution >= 4 is 5.97 Å². The third kappa shape index (κ3) is 2.02. The first-order valence-corrected chi connectivity index (χ1v) is 5.18. The van der Waals surface area contributed by atoms with Gasteiger partial charge in [0.25, 0.3) is 0 Å². The molecule has 0 aliphatic carbocycles. The third-order valence-electron chi connectivity index (χ3n) is 2.79. The zero-order chi connectivity index (χ0) is 10.8. The largest absolute Gasteiger partial charge is 0.478 e. The van der Waals surface area contributed by atoms with E-state index in [0.29, 0.717) is 17.3 Å². The van der Waals surface area contributed by atoms with Crippen LogP contribution in [0.4, 0.5) is 0 Å². The second kappa shape index (κ2) is 4.02. The van der Waals surface area contributed by atoms with Crippen LogP contribution in [0.2, 0.25) is 0 Å². The van der Waals surface area contributed by atoms with E-state index >= 15 is 0 Å². The van der Waals surface area contributed by atoms with Crippen molar-refractivity contribution < 1.29 is 9.90 Å². The summed E-state index contributed by atoms with van der Waals surface area (Å²) in [5, 5.41) is 16.4. The van der Waals surface area contributed by atoms with Gasteiger partial charge in [-0.2, -0.15) is 5.10 Å². The highest BCUT2D eigenvalue weighted by atomic mass is 16.4. The fourth-order valence-electron chi connectivity index (χ4n) is 1.94. The Morgan fingerprint density at radius 2 is 2.53 bits per heavy atom. The molecule has 5 nitrogen and oxygen atoms in total. The normalized spacial score (nSPS) is 21.5. The summed E-state index contributed by atoms with van der Waals surface area (Å²) in [4.78, 5) is 10.8. The number of piperidine rings is 1. The van der Waals surface area contributed by atoms with Crippen molar-refractivity contribution in [1.29, 1.82) is 0 Å². The molecule has 0 unspecified atom stereocenters. The van der Waals surface area contributed by atoms with Gasteiger partial charge >= 0.3 is 5.97 Å². The van der Waals surface area contributed by atoms with E-state index in [1.54, 1.807) is 17.8 Å². The number of rotatable bonds is 2. The van der Waals surface area contributed by atoms with Gasteiger partial charge in [-0.1, -0.05) is 0 Å². The minimum atomic E-state index is -0.900. The summed E-state index contributed by atoms with van der Waals surface area (Å²) in [6.45, 7) is 3.65. The molecule has 0 aromatic carbocycles. The van der Waals surface area contributed by atoms with E-state index in [4.69, 9.17) is 5.11 Å². The Bertz CT molecular complexity index is 367. The molecule has 0 amide bonds. The highest BCUT2D eigenvalue weighted by molar-refractivity contribution is 5.88. The molecular formula is C10H15N3O2. The van der Waals surface area contributed by atoms with Crippen LogP contribution in [0.1, 0.15) is 34.9 Å². The van der Waals surface area contributed by atoms with Crippen LogP contribution in [-0.4, -0.2) is 33.9 Å². The molecule has 2 N–H and O–H groups in total. The van der Waals surface area contributed by atoms with Crippen LogP contribution in [0.15, 0.2) is 6.20 Å². The number of aryl methyl sites for hydroxylation is 1. The summed E-state index contributed by atoms with van der Waals surface area (Å²) in [7, 11) is 0. The van der Waals surface area contributed by atoms with Crippen LogP contribution >= 0.6 is 0 Å². The Hall–Kier alpha value is -1.36. The number of aromatic carboxylic acids is 1. The van der Waals surface area contributed by atoms with Gasteiger partial charge in [0.2, 0.25) is 0 Å². The lowest BCUT2D eigenvalue weighted by Crippen LogP contribution is -2.31. The monoisotopic (exact) mass is 209 g/mol. The Labute approximate surface area is 88.1 Å². The number of carboxylic acids is 1. The van der Waals surface area contributed by atoms with Crippen LogP contribution in [0.3, 0.4) is 0 Å². The predicted molar refractivity (Wildman–Crippen MR) is 55.1 cm³/mol. The molecule has 0 spiro atoms. The summed E-state index contributed by atoms with van der Waals surface area (Å²) < 4.78 is 1.78. The van der Waals surface area contributed by atoms with Crippen LogP contribution in [0.25, 0.3) is 0 Å². The molecule has 0 radical (unpaired) electrons. The van der Waals surface area contributed by atoms with E-state index in [9.17, 15) is 4.79 Å². The molecule has 0 saturated carbocycles. The van der Waals surface area contributed by atoms with Crippen LogP contribution < -0.4 is 5.32 Å². The SMILES string of the molecule is Cc1nn([C@@H]2CCCNC2)cc1C(=O)O. The number of nitrogens with one attached hydrogen (secondary N) is 1. The number of nitrogens with zero attached hydrogens (tertiary/aromatic N) is 2. The number of carboxylic acid groups (broad SMARTS) is 1. The first kappa shape index (κ1) is 10.2. The van der Waals surface area contributed by atoms with Gasteiger partial charge < -0.3 is 10.4 Å². The zero-order valence-electron chi connectivity index (χ0n) is 8.73. The second-order valence-corrected chi connectivity index (χ2v) is 3.91. The van der Waals surface area contributed by atoms with Crippen LogP contribution in [0, 0.1) is 6.92 Å². The summed E-state index contributed by atoms with van der Waals surface area (Å²) in [6, 6.07) is 0.297. The maximum atomic E-state index is 10.8. The molecule has 1 fully saturated rings. The Morgan fingerprint density at radius 3 is 3.07 bits per heavy atom. The molecular weight excluding hydrogens is 194 g/mol. The van der Waals surface area contributed by atoms with Crippen LogP contribution in [0.5, 0.6) is 0 Å². The average Bonchev–Trinajstić information content (AvgIpc) is 2.62. The van der Waals surface area contributed by atoms with E-state index in [1.165, 1.54) is 0 Å². The van der Waals surface area contributed by atoms with Gasteiger partial charge in [-0.25, -0.2) is 4.79 Å². The minimum absolute atomic E-state index is 0.297. The summed E-state index contributed by atoms with van der Waals surface area (Å²) in [6.07, 6.45) is 3.81. The van der Waals surface area contributed by atoms with E-state index in [1.807, 2.05) is 0 Å². The third-order valence-corrected chi connectivity index (χ3v) is 2.79. The number of hydrogen-bond donors (Lipinski definition) is 2. The summed E-state index contributed by atoms with van der Waals surface area (Å²) in [5.41, 5.74) is 0.897. The van der Waals surface area contributed by atoms with Crippen molar-refractivity contribution in [3.8, 4) is 0 Å². The molecule has 15 heavy (non-hydrogen) atoms. The van der Waals surface area contributed by atoms with Gasteiger partial charge in [0, 0.05) is 12.7 Å². The Morgan fingerprint density at radius 1 is 1.73 bits per heavy atom. The van der Waals surface area contributed by atoms with Crippen molar-refractivity contribution in [3.05, 3.63) is 17.5 Å². The lowest BCUT2D eigenvalue weighted by Gasteiger charge is -2.22. The van der Waals surface area contributed by atoms with E-state index in [-0.39, 0.29) is 0 Å². The van der Waals surface area contributed by atoms with Gasteiger partial charge in [-0.05, 0) is 26.3 Å². The van der Waals surface area contributed by atoms with Gasteiger partial charge in [0.1, 0.15) is 5.56 Å². The molecule has 1 atom stereocenters. The molecule has 1 aliphatic heterocycles. The first-order chi connectivity index (χ1) is 7.18. The number of aromatic nitrogens is 2. The van der Waals surface area contributed by atoms with E-state index < -0.39 is 5.97 Å². The molecule has 1 aliphatic rings. The lowest BCUT2D eigenvalue weighted by atomic mass is 10.1. The molecule has 82 valence electrons. The number of hydrogen-bond acceptors (Lipinski definition) is 3. The minimum Gasteiger partial charge on any atom is -0.478 e. The summed E-state index contributed by atoms with van der Waals surface area (Å²) in [5.74, 6) is -0.900.